The molecule has 0 saturated carbocycles. The van der Waals surface area contributed by atoms with E-state index in [1.165, 1.54) is 0 Å². The van der Waals surface area contributed by atoms with Gasteiger partial charge in [-0.3, -0.25) is 9.59 Å². The summed E-state index contributed by atoms with van der Waals surface area (Å²) in [5.41, 5.74) is 2.57. The number of anilines is 2. The fourth-order valence-electron chi connectivity index (χ4n) is 3.75. The molecule has 6 nitrogen and oxygen atoms in total. The predicted octanol–water partition coefficient (Wildman–Crippen LogP) is 4.31. The lowest BCUT2D eigenvalue weighted by atomic mass is 9.85. The highest BCUT2D eigenvalue weighted by molar-refractivity contribution is 6.06. The Morgan fingerprint density at radius 1 is 1.03 bits per heavy atom. The molecule has 2 aromatic carbocycles. The molecule has 0 radical (unpaired) electrons. The van der Waals surface area contributed by atoms with Crippen LogP contribution in [0.1, 0.15) is 44.7 Å². The lowest BCUT2D eigenvalue weighted by Gasteiger charge is -2.22. The number of hydrogen-bond acceptors (Lipinski definition) is 4. The molecule has 0 aliphatic carbocycles. The van der Waals surface area contributed by atoms with E-state index in [2.05, 4.69) is 10.6 Å². The van der Waals surface area contributed by atoms with Crippen molar-refractivity contribution in [1.82, 2.24) is 0 Å². The normalized spacial score (nSPS) is 15.5. The van der Waals surface area contributed by atoms with Gasteiger partial charge in [-0.05, 0) is 61.2 Å². The number of hydrogen-bond donors (Lipinski definition) is 2. The summed E-state index contributed by atoms with van der Waals surface area (Å²) in [4.78, 5) is 25.3. The van der Waals surface area contributed by atoms with Gasteiger partial charge < -0.3 is 20.1 Å². The molecule has 1 aliphatic rings. The van der Waals surface area contributed by atoms with E-state index in [0.717, 1.165) is 16.8 Å². The van der Waals surface area contributed by atoms with Gasteiger partial charge in [0.15, 0.2) is 11.5 Å². The molecule has 0 bridgehead atoms. The summed E-state index contributed by atoms with van der Waals surface area (Å²) in [7, 11) is 3.16. The zero-order valence-corrected chi connectivity index (χ0v) is 17.8. The smallest absolute Gasteiger partial charge is 0.234 e. The Bertz CT molecular complexity index is 950. The minimum atomic E-state index is -0.628. The van der Waals surface area contributed by atoms with Crippen molar-refractivity contribution in [3.05, 3.63) is 47.5 Å². The van der Waals surface area contributed by atoms with Gasteiger partial charge in [-0.25, -0.2) is 0 Å². The van der Waals surface area contributed by atoms with E-state index in [1.807, 2.05) is 64.1 Å². The van der Waals surface area contributed by atoms with Gasteiger partial charge in [0.05, 0.1) is 25.6 Å². The van der Waals surface area contributed by atoms with Gasteiger partial charge in [-0.15, -0.1) is 0 Å². The summed E-state index contributed by atoms with van der Waals surface area (Å²) in [6, 6.07) is 11.1. The summed E-state index contributed by atoms with van der Waals surface area (Å²) in [6.45, 7) is 7.77. The second kappa shape index (κ2) is 7.78. The maximum atomic E-state index is 13.2. The number of methoxy groups -OCH3 is 2. The topological polar surface area (TPSA) is 76.7 Å². The molecule has 3 rings (SSSR count). The van der Waals surface area contributed by atoms with E-state index in [0.29, 0.717) is 17.2 Å². The van der Waals surface area contributed by atoms with Crippen molar-refractivity contribution >= 4 is 23.2 Å². The molecule has 2 amide bonds. The Morgan fingerprint density at radius 2 is 1.72 bits per heavy atom. The van der Waals surface area contributed by atoms with Gasteiger partial charge in [-0.1, -0.05) is 19.9 Å². The van der Waals surface area contributed by atoms with Crippen molar-refractivity contribution in [3.63, 3.8) is 0 Å². The zero-order valence-electron chi connectivity index (χ0n) is 17.8. The zero-order chi connectivity index (χ0) is 21.3. The summed E-state index contributed by atoms with van der Waals surface area (Å²) < 4.78 is 10.7. The molecule has 6 heteroatoms. The van der Waals surface area contributed by atoms with Crippen molar-refractivity contribution in [3.8, 4) is 11.5 Å². The highest BCUT2D eigenvalue weighted by Crippen LogP contribution is 2.39. The van der Waals surface area contributed by atoms with Crippen LogP contribution < -0.4 is 20.1 Å². The highest BCUT2D eigenvalue weighted by Gasteiger charge is 2.38. The fourth-order valence-corrected chi connectivity index (χ4v) is 3.75. The minimum absolute atomic E-state index is 0.0404. The van der Waals surface area contributed by atoms with Crippen LogP contribution in [-0.4, -0.2) is 26.0 Å². The molecule has 2 aromatic rings. The molecular weight excluding hydrogens is 368 g/mol. The van der Waals surface area contributed by atoms with Crippen LogP contribution in [-0.2, 0) is 15.0 Å². The van der Waals surface area contributed by atoms with E-state index in [-0.39, 0.29) is 23.7 Å². The molecule has 0 aromatic heterocycles. The third-order valence-electron chi connectivity index (χ3n) is 5.49. The first-order valence-corrected chi connectivity index (χ1v) is 9.67. The quantitative estimate of drug-likeness (QED) is 0.763. The van der Waals surface area contributed by atoms with Crippen LogP contribution in [0.25, 0.3) is 0 Å². The third kappa shape index (κ3) is 3.79. The van der Waals surface area contributed by atoms with Gasteiger partial charge in [0, 0.05) is 11.4 Å². The molecule has 2 N–H and O–H groups in total. The number of rotatable bonds is 6. The van der Waals surface area contributed by atoms with Crippen molar-refractivity contribution in [2.24, 2.45) is 5.92 Å². The SMILES string of the molecule is COc1ccc(C(C(=O)Nc2ccc3c(c2)C(C)(C)C(=O)N3)C(C)C)cc1OC. The lowest BCUT2D eigenvalue weighted by Crippen LogP contribution is -2.27. The summed E-state index contributed by atoms with van der Waals surface area (Å²) in [5.74, 6) is 0.770. The molecule has 1 heterocycles. The van der Waals surface area contributed by atoms with E-state index in [9.17, 15) is 9.59 Å². The van der Waals surface area contributed by atoms with Crippen molar-refractivity contribution in [2.45, 2.75) is 39.0 Å². The van der Waals surface area contributed by atoms with Gasteiger partial charge in [0.1, 0.15) is 0 Å². The summed E-state index contributed by atoms with van der Waals surface area (Å²) in [5, 5.41) is 5.90. The first-order valence-electron chi connectivity index (χ1n) is 9.67. The maximum Gasteiger partial charge on any atom is 0.234 e. The first kappa shape index (κ1) is 20.7. The van der Waals surface area contributed by atoms with Crippen LogP contribution in [0.15, 0.2) is 36.4 Å². The summed E-state index contributed by atoms with van der Waals surface area (Å²) in [6.07, 6.45) is 0. The number of benzene rings is 2. The van der Waals surface area contributed by atoms with Gasteiger partial charge in [0.25, 0.3) is 0 Å². The molecule has 154 valence electrons. The first-order chi connectivity index (χ1) is 13.7. The Labute approximate surface area is 171 Å². The van der Waals surface area contributed by atoms with Gasteiger partial charge in [-0.2, -0.15) is 0 Å². The van der Waals surface area contributed by atoms with Crippen LogP contribution in [0.3, 0.4) is 0 Å². The monoisotopic (exact) mass is 396 g/mol. The third-order valence-corrected chi connectivity index (χ3v) is 5.49. The lowest BCUT2D eigenvalue weighted by molar-refractivity contribution is -0.120. The van der Waals surface area contributed by atoms with Crippen LogP contribution >= 0.6 is 0 Å². The second-order valence-corrected chi connectivity index (χ2v) is 8.16. The number of amides is 2. The van der Waals surface area contributed by atoms with E-state index in [1.54, 1.807) is 14.2 Å². The largest absolute Gasteiger partial charge is 0.493 e. The average molecular weight is 396 g/mol. The van der Waals surface area contributed by atoms with Gasteiger partial charge in [0.2, 0.25) is 11.8 Å². The molecule has 1 atom stereocenters. The molecule has 1 unspecified atom stereocenters. The number of carbonyl (C=O) groups excluding carboxylic acids is 2. The predicted molar refractivity (Wildman–Crippen MR) is 114 cm³/mol. The number of fused-ring (bicyclic) bond motifs is 1. The Morgan fingerprint density at radius 3 is 2.34 bits per heavy atom. The van der Waals surface area contributed by atoms with Crippen molar-refractivity contribution in [2.75, 3.05) is 24.9 Å². The molecular formula is C23H28N2O4. The fraction of sp³-hybridized carbons (Fsp3) is 0.391. The molecule has 1 aliphatic heterocycles. The van der Waals surface area contributed by atoms with Gasteiger partial charge >= 0.3 is 0 Å². The summed E-state index contributed by atoms with van der Waals surface area (Å²) >= 11 is 0. The van der Waals surface area contributed by atoms with Crippen LogP contribution in [0, 0.1) is 5.92 Å². The van der Waals surface area contributed by atoms with Crippen LogP contribution in [0.5, 0.6) is 11.5 Å². The average Bonchev–Trinajstić information content (AvgIpc) is 2.90. The molecule has 29 heavy (non-hydrogen) atoms. The van der Waals surface area contributed by atoms with E-state index in [4.69, 9.17) is 9.47 Å². The number of ether oxygens (including phenoxy) is 2. The minimum Gasteiger partial charge on any atom is -0.493 e. The highest BCUT2D eigenvalue weighted by atomic mass is 16.5. The van der Waals surface area contributed by atoms with E-state index >= 15 is 0 Å². The number of nitrogens with one attached hydrogen (secondary N) is 2. The standard InChI is InChI=1S/C23H28N2O4/c1-13(2)20(14-7-10-18(28-5)19(11-14)29-6)21(26)24-15-8-9-17-16(12-15)23(3,4)22(27)25-17/h7-13,20H,1-6H3,(H,24,26)(H,25,27). The Hall–Kier alpha value is -3.02. The molecule has 0 spiro atoms. The van der Waals surface area contributed by atoms with Crippen molar-refractivity contribution < 1.29 is 19.1 Å². The van der Waals surface area contributed by atoms with E-state index < -0.39 is 5.41 Å². The van der Waals surface area contributed by atoms with Crippen molar-refractivity contribution in [1.29, 1.82) is 0 Å². The number of carbonyl (C=O) groups is 2. The van der Waals surface area contributed by atoms with Crippen LogP contribution in [0.2, 0.25) is 0 Å². The Balaban J connectivity index is 1.89. The molecule has 0 saturated heterocycles. The molecule has 0 fully saturated rings. The maximum absolute atomic E-state index is 13.2. The van der Waals surface area contributed by atoms with Crippen LogP contribution in [0.4, 0.5) is 11.4 Å². The Kier molecular flexibility index (Phi) is 5.55. The second-order valence-electron chi connectivity index (χ2n) is 8.16.